The predicted octanol–water partition coefficient (Wildman–Crippen LogP) is 5.76. The van der Waals surface area contributed by atoms with Gasteiger partial charge in [0.15, 0.2) is 0 Å². The molecule has 3 N–H and O–H groups in total. The Balaban J connectivity index is 1.52. The highest BCUT2D eigenvalue weighted by molar-refractivity contribution is 6.01. The minimum absolute atomic E-state index is 0.201. The lowest BCUT2D eigenvalue weighted by Gasteiger charge is -2.13. The number of carbonyl (C=O) groups excluding carboxylic acids is 1. The van der Waals surface area contributed by atoms with Crippen LogP contribution in [0.1, 0.15) is 31.0 Å². The molecule has 0 unspecified atom stereocenters. The summed E-state index contributed by atoms with van der Waals surface area (Å²) in [7, 11) is 5.29. The summed E-state index contributed by atoms with van der Waals surface area (Å²) in [6, 6.07) is 20.7. The molecule has 228 valence electrons. The van der Waals surface area contributed by atoms with Crippen molar-refractivity contribution >= 4 is 23.1 Å². The maximum Gasteiger partial charge on any atom is 0.339 e. The summed E-state index contributed by atoms with van der Waals surface area (Å²) < 4.78 is 14.5. The number of rotatable bonds is 12. The van der Waals surface area contributed by atoms with Gasteiger partial charge in [0.2, 0.25) is 5.91 Å². The van der Waals surface area contributed by atoms with Crippen LogP contribution in [0.5, 0.6) is 17.2 Å². The Kier molecular flexibility index (Phi) is 9.01. The van der Waals surface area contributed by atoms with Gasteiger partial charge in [-0.1, -0.05) is 24.3 Å². The molecule has 44 heavy (non-hydrogen) atoms. The molecule has 1 heterocycles. The molecule has 1 aromatic heterocycles. The summed E-state index contributed by atoms with van der Waals surface area (Å²) in [6.07, 6.45) is 5.76. The van der Waals surface area contributed by atoms with Crippen molar-refractivity contribution in [2.24, 2.45) is 0 Å². The first kappa shape index (κ1) is 30.4. The van der Waals surface area contributed by atoms with Crippen molar-refractivity contribution in [1.82, 2.24) is 14.0 Å². The third-order valence-corrected chi connectivity index (χ3v) is 7.52. The number of nitrogens with zero attached hydrogens (tertiary/aromatic N) is 3. The molecule has 10 heteroatoms. The highest BCUT2D eigenvalue weighted by Crippen LogP contribution is 2.31. The van der Waals surface area contributed by atoms with Crippen molar-refractivity contribution in [2.45, 2.75) is 32.7 Å². The lowest BCUT2D eigenvalue weighted by Crippen LogP contribution is -2.24. The van der Waals surface area contributed by atoms with Crippen molar-refractivity contribution in [3.63, 3.8) is 0 Å². The normalized spacial score (nSPS) is 12.9. The fourth-order valence-electron chi connectivity index (χ4n) is 5.19. The summed E-state index contributed by atoms with van der Waals surface area (Å²) in [5, 5.41) is 14.6. The van der Waals surface area contributed by atoms with E-state index in [-0.39, 0.29) is 17.3 Å². The van der Waals surface area contributed by atoms with Crippen LogP contribution in [0, 0.1) is 12.3 Å². The predicted molar refractivity (Wildman–Crippen MR) is 175 cm³/mol. The molecular weight excluding hydrogens is 556 g/mol. The van der Waals surface area contributed by atoms with Gasteiger partial charge >= 0.3 is 5.69 Å². The van der Waals surface area contributed by atoms with Gasteiger partial charge in [-0.15, -0.1) is 0 Å². The van der Waals surface area contributed by atoms with Crippen LogP contribution < -0.4 is 25.8 Å². The number of ether oxygens (including phenoxy) is 2. The number of benzene rings is 3. The van der Waals surface area contributed by atoms with E-state index in [2.05, 4.69) is 22.6 Å². The topological polar surface area (TPSA) is 114 Å². The van der Waals surface area contributed by atoms with E-state index in [1.54, 1.807) is 38.2 Å². The number of nitrogens with one attached hydrogen (secondary N) is 3. The monoisotopic (exact) mass is 594 g/mol. The molecule has 5 rings (SSSR count). The van der Waals surface area contributed by atoms with Crippen LogP contribution in [0.4, 0.5) is 11.5 Å². The largest absolute Gasteiger partial charge is 0.497 e. The minimum Gasteiger partial charge on any atom is -0.497 e. The summed E-state index contributed by atoms with van der Waals surface area (Å²) in [5.74, 6) is 1.95. The van der Waals surface area contributed by atoms with E-state index in [9.17, 15) is 9.59 Å². The quantitative estimate of drug-likeness (QED) is 0.142. The Morgan fingerprint density at radius 1 is 1.05 bits per heavy atom. The van der Waals surface area contributed by atoms with Gasteiger partial charge in [-0.25, -0.2) is 9.36 Å². The van der Waals surface area contributed by atoms with Gasteiger partial charge in [0.1, 0.15) is 28.8 Å². The highest BCUT2D eigenvalue weighted by atomic mass is 16.5. The summed E-state index contributed by atoms with van der Waals surface area (Å²) in [6.45, 7) is 4.23. The van der Waals surface area contributed by atoms with Crippen LogP contribution in [0.15, 0.2) is 83.7 Å². The SMILES string of the molecule is CNc1c(C(C)=N)n(-c2ccc(Oc3ccccc3)cc2C)c(=O)n1-c1cc(NC(=O)/C=C/CN(C)C2CC2)cc(OC)c1. The van der Waals surface area contributed by atoms with Gasteiger partial charge in [-0.2, -0.15) is 0 Å². The first-order chi connectivity index (χ1) is 21.2. The van der Waals surface area contributed by atoms with Crippen LogP contribution in [-0.2, 0) is 4.79 Å². The van der Waals surface area contributed by atoms with Crippen molar-refractivity contribution in [2.75, 3.05) is 38.4 Å². The molecular formula is C34H38N6O4. The zero-order valence-electron chi connectivity index (χ0n) is 25.7. The average Bonchev–Trinajstić information content (AvgIpc) is 3.81. The van der Waals surface area contributed by atoms with E-state index in [4.69, 9.17) is 14.9 Å². The van der Waals surface area contributed by atoms with Gasteiger partial charge in [0.25, 0.3) is 0 Å². The Morgan fingerprint density at radius 3 is 2.43 bits per heavy atom. The first-order valence-corrected chi connectivity index (χ1v) is 14.5. The maximum atomic E-state index is 14.2. The van der Waals surface area contributed by atoms with E-state index in [0.717, 1.165) is 5.56 Å². The van der Waals surface area contributed by atoms with Crippen molar-refractivity contribution in [3.8, 4) is 28.6 Å². The third-order valence-electron chi connectivity index (χ3n) is 7.52. The average molecular weight is 595 g/mol. The molecule has 0 bridgehead atoms. The molecule has 0 atom stereocenters. The third kappa shape index (κ3) is 6.60. The number of anilines is 2. The smallest absolute Gasteiger partial charge is 0.339 e. The van der Waals surface area contributed by atoms with Crippen LogP contribution in [-0.4, -0.2) is 59.4 Å². The second kappa shape index (κ2) is 13.0. The number of para-hydroxylation sites is 1. The van der Waals surface area contributed by atoms with E-state index in [1.165, 1.54) is 35.2 Å². The van der Waals surface area contributed by atoms with Crippen molar-refractivity contribution in [1.29, 1.82) is 5.41 Å². The second-order valence-electron chi connectivity index (χ2n) is 10.9. The Hall–Kier alpha value is -5.09. The number of hydrogen-bond acceptors (Lipinski definition) is 7. The number of imidazole rings is 1. The van der Waals surface area contributed by atoms with Gasteiger partial charge in [0.05, 0.1) is 24.2 Å². The van der Waals surface area contributed by atoms with Crippen LogP contribution in [0.3, 0.4) is 0 Å². The molecule has 3 aromatic carbocycles. The Bertz CT molecular complexity index is 1770. The molecule has 4 aromatic rings. The molecule has 10 nitrogen and oxygen atoms in total. The van der Waals surface area contributed by atoms with E-state index < -0.39 is 0 Å². The Labute approximate surface area is 257 Å². The van der Waals surface area contributed by atoms with Crippen LogP contribution in [0.2, 0.25) is 0 Å². The maximum absolute atomic E-state index is 14.2. The van der Waals surface area contributed by atoms with Crippen molar-refractivity contribution in [3.05, 3.63) is 101 Å². The Morgan fingerprint density at radius 2 is 1.80 bits per heavy atom. The molecule has 0 radical (unpaired) electrons. The number of aryl methyl sites for hydroxylation is 1. The molecule has 1 saturated carbocycles. The zero-order valence-corrected chi connectivity index (χ0v) is 25.7. The molecule has 0 spiro atoms. The highest BCUT2D eigenvalue weighted by Gasteiger charge is 2.26. The van der Waals surface area contributed by atoms with Gasteiger partial charge in [-0.3, -0.25) is 14.3 Å². The van der Waals surface area contributed by atoms with Gasteiger partial charge < -0.3 is 25.5 Å². The first-order valence-electron chi connectivity index (χ1n) is 14.5. The number of likely N-dealkylation sites (N-methyl/N-ethyl adjacent to an activating group) is 1. The number of aromatic nitrogens is 2. The number of amides is 1. The molecule has 1 amide bonds. The lowest BCUT2D eigenvalue weighted by atomic mass is 10.1. The number of hydrogen-bond donors (Lipinski definition) is 3. The molecule has 0 aliphatic heterocycles. The molecule has 1 aliphatic rings. The van der Waals surface area contributed by atoms with Gasteiger partial charge in [-0.05, 0) is 75.7 Å². The van der Waals surface area contributed by atoms with Crippen LogP contribution in [0.25, 0.3) is 11.4 Å². The van der Waals surface area contributed by atoms with Crippen LogP contribution >= 0.6 is 0 Å². The molecule has 1 aliphatic carbocycles. The van der Waals surface area contributed by atoms with E-state index in [1.807, 2.05) is 55.5 Å². The molecule has 0 saturated heterocycles. The standard InChI is InChI=1S/C34H38N6O4/c1-22-18-28(44-27-10-7-6-8-11-27)15-16-30(22)40-32(23(2)35)33(36-3)39(34(40)42)26-19-24(20-29(21-26)43-5)37-31(41)12-9-17-38(4)25-13-14-25/h6-12,15-16,18-21,25,35-36H,13-14,17H2,1-5H3,(H,37,41)/b12-9+,35-23?. The number of carbonyl (C=O) groups is 1. The second-order valence-corrected chi connectivity index (χ2v) is 10.9. The van der Waals surface area contributed by atoms with E-state index >= 15 is 0 Å². The van der Waals surface area contributed by atoms with Gasteiger partial charge in [0, 0.05) is 43.5 Å². The minimum atomic E-state index is -0.385. The fraction of sp³-hybridized carbons (Fsp3) is 0.265. The fourth-order valence-corrected chi connectivity index (χ4v) is 5.19. The van der Waals surface area contributed by atoms with E-state index in [0.29, 0.717) is 58.4 Å². The summed E-state index contributed by atoms with van der Waals surface area (Å²) >= 11 is 0. The van der Waals surface area contributed by atoms with Crippen molar-refractivity contribution < 1.29 is 14.3 Å². The zero-order chi connectivity index (χ0) is 31.4. The lowest BCUT2D eigenvalue weighted by molar-refractivity contribution is -0.111. The summed E-state index contributed by atoms with van der Waals surface area (Å²) in [4.78, 5) is 29.2. The summed E-state index contributed by atoms with van der Waals surface area (Å²) in [5.41, 5.74) is 2.57. The molecule has 1 fully saturated rings. The number of methoxy groups -OCH3 is 1.